The van der Waals surface area contributed by atoms with Crippen molar-refractivity contribution >= 4 is 51.7 Å². The third-order valence-corrected chi connectivity index (χ3v) is 8.32. The van der Waals surface area contributed by atoms with E-state index in [-0.39, 0.29) is 17.5 Å². The van der Waals surface area contributed by atoms with E-state index in [0.29, 0.717) is 32.3 Å². The number of nitrogens with one attached hydrogen (secondary N) is 1. The quantitative estimate of drug-likeness (QED) is 0.472. The number of fused-ring (bicyclic) bond motifs is 1. The van der Waals surface area contributed by atoms with E-state index in [0.717, 1.165) is 44.1 Å². The van der Waals surface area contributed by atoms with Gasteiger partial charge in [-0.15, -0.1) is 0 Å². The van der Waals surface area contributed by atoms with Gasteiger partial charge in [0.05, 0.1) is 10.5 Å². The molecule has 0 unspecified atom stereocenters. The molecule has 1 aliphatic heterocycles. The maximum atomic E-state index is 13.6. The van der Waals surface area contributed by atoms with Gasteiger partial charge in [0.1, 0.15) is 15.8 Å². The second-order valence-electron chi connectivity index (χ2n) is 9.44. The van der Waals surface area contributed by atoms with Crippen LogP contribution in [0.15, 0.2) is 28.0 Å². The maximum Gasteiger partial charge on any atom is 0.267 e. The number of carbonyl (C=O) groups is 1. The molecule has 3 heterocycles. The van der Waals surface area contributed by atoms with Gasteiger partial charge < -0.3 is 5.32 Å². The molecular formula is C25H30N4O2S2. The molecule has 0 aromatic carbocycles. The summed E-state index contributed by atoms with van der Waals surface area (Å²) in [5.74, 6) is 0.493. The predicted octanol–water partition coefficient (Wildman–Crippen LogP) is 5.28. The second kappa shape index (κ2) is 9.58. The fraction of sp³-hybridized carbons (Fsp3) is 0.520. The molecule has 5 rings (SSSR count). The summed E-state index contributed by atoms with van der Waals surface area (Å²) >= 11 is 6.90. The summed E-state index contributed by atoms with van der Waals surface area (Å²) in [6, 6.07) is 4.30. The van der Waals surface area contributed by atoms with Crippen molar-refractivity contribution in [2.24, 2.45) is 0 Å². The third kappa shape index (κ3) is 4.60. The zero-order valence-electron chi connectivity index (χ0n) is 19.0. The topological polar surface area (TPSA) is 66.7 Å². The van der Waals surface area contributed by atoms with Crippen LogP contribution in [0.25, 0.3) is 11.7 Å². The third-order valence-electron chi connectivity index (χ3n) is 6.99. The Morgan fingerprint density at radius 1 is 1.06 bits per heavy atom. The first-order valence-electron chi connectivity index (χ1n) is 12.1. The number of aromatic nitrogens is 2. The molecule has 0 atom stereocenters. The van der Waals surface area contributed by atoms with Crippen LogP contribution in [0, 0.1) is 6.92 Å². The largest absolute Gasteiger partial charge is 0.367 e. The monoisotopic (exact) mass is 482 g/mol. The van der Waals surface area contributed by atoms with E-state index in [1.165, 1.54) is 37.4 Å². The highest BCUT2D eigenvalue weighted by Gasteiger charge is 2.37. The molecule has 1 amide bonds. The van der Waals surface area contributed by atoms with Crippen molar-refractivity contribution in [1.82, 2.24) is 14.3 Å². The van der Waals surface area contributed by atoms with Gasteiger partial charge in [0, 0.05) is 18.3 Å². The van der Waals surface area contributed by atoms with Crippen LogP contribution in [0.1, 0.15) is 75.3 Å². The minimum absolute atomic E-state index is 0.0748. The van der Waals surface area contributed by atoms with Gasteiger partial charge in [-0.2, -0.15) is 0 Å². The van der Waals surface area contributed by atoms with Crippen LogP contribution in [-0.4, -0.2) is 36.6 Å². The molecule has 174 valence electrons. The van der Waals surface area contributed by atoms with Crippen molar-refractivity contribution in [3.8, 4) is 0 Å². The molecule has 33 heavy (non-hydrogen) atoms. The Bertz CT molecular complexity index is 1180. The molecule has 3 aliphatic rings. The van der Waals surface area contributed by atoms with Crippen molar-refractivity contribution in [2.45, 2.75) is 83.2 Å². The average Bonchev–Trinajstić information content (AvgIpc) is 3.11. The molecule has 2 aliphatic carbocycles. The average molecular weight is 483 g/mol. The van der Waals surface area contributed by atoms with Crippen molar-refractivity contribution in [1.29, 1.82) is 0 Å². The molecule has 1 N–H and O–H groups in total. The van der Waals surface area contributed by atoms with Crippen LogP contribution in [0.3, 0.4) is 0 Å². The lowest BCUT2D eigenvalue weighted by atomic mass is 9.94. The molecule has 1 saturated heterocycles. The number of amides is 1. The van der Waals surface area contributed by atoms with E-state index in [4.69, 9.17) is 17.2 Å². The normalized spacial score (nSPS) is 22.0. The zero-order chi connectivity index (χ0) is 22.9. The number of pyridine rings is 1. The van der Waals surface area contributed by atoms with Gasteiger partial charge in [0.15, 0.2) is 0 Å². The van der Waals surface area contributed by atoms with Crippen LogP contribution >= 0.6 is 24.0 Å². The van der Waals surface area contributed by atoms with Crippen LogP contribution in [0.5, 0.6) is 0 Å². The molecule has 2 saturated carbocycles. The number of thioether (sulfide) groups is 1. The summed E-state index contributed by atoms with van der Waals surface area (Å²) in [5, 5.41) is 3.54. The minimum atomic E-state index is -0.162. The number of aryl methyl sites for hydroxylation is 1. The summed E-state index contributed by atoms with van der Waals surface area (Å²) < 4.78 is 2.18. The first-order valence-corrected chi connectivity index (χ1v) is 13.3. The fourth-order valence-corrected chi connectivity index (χ4v) is 6.59. The number of thiocarbonyl (C=S) groups is 1. The molecule has 3 fully saturated rings. The SMILES string of the molecule is Cc1ccc2nc(NC3CCCCC3)c(/C=C3/SC(=S)N(C4CCCCC4)C3=O)c(=O)n2c1. The Morgan fingerprint density at radius 2 is 1.76 bits per heavy atom. The van der Waals surface area contributed by atoms with Crippen molar-refractivity contribution in [3.05, 3.63) is 44.7 Å². The summed E-state index contributed by atoms with van der Waals surface area (Å²) in [5.41, 5.74) is 1.86. The highest BCUT2D eigenvalue weighted by Crippen LogP contribution is 2.37. The lowest BCUT2D eigenvalue weighted by molar-refractivity contribution is -0.124. The Morgan fingerprint density at radius 3 is 2.48 bits per heavy atom. The molecule has 2 aromatic heterocycles. The Hall–Kier alpha value is -2.19. The number of hydrogen-bond acceptors (Lipinski definition) is 6. The lowest BCUT2D eigenvalue weighted by Gasteiger charge is -2.29. The van der Waals surface area contributed by atoms with E-state index in [2.05, 4.69) is 5.32 Å². The van der Waals surface area contributed by atoms with Crippen molar-refractivity contribution < 1.29 is 4.79 Å². The molecule has 0 bridgehead atoms. The van der Waals surface area contributed by atoms with Gasteiger partial charge in [-0.3, -0.25) is 18.9 Å². The second-order valence-corrected chi connectivity index (χ2v) is 11.1. The standard InChI is InChI=1S/C25H30N4O2S2/c1-16-12-13-21-27-22(26-17-8-4-2-5-9-17)19(23(30)28(21)15-16)14-20-24(31)29(25(32)33-20)18-10-6-3-7-11-18/h12-15,17-18,26H,2-11H2,1H3/b20-14+. The van der Waals surface area contributed by atoms with Crippen molar-refractivity contribution in [2.75, 3.05) is 5.32 Å². The van der Waals surface area contributed by atoms with Crippen LogP contribution in [0.2, 0.25) is 0 Å². The van der Waals surface area contributed by atoms with E-state index >= 15 is 0 Å². The lowest BCUT2D eigenvalue weighted by Crippen LogP contribution is -2.39. The number of hydrogen-bond donors (Lipinski definition) is 1. The van der Waals surface area contributed by atoms with Crippen molar-refractivity contribution in [3.63, 3.8) is 0 Å². The minimum Gasteiger partial charge on any atom is -0.367 e. The number of carbonyl (C=O) groups excluding carboxylic acids is 1. The highest BCUT2D eigenvalue weighted by molar-refractivity contribution is 8.26. The zero-order valence-corrected chi connectivity index (χ0v) is 20.6. The number of anilines is 1. The summed E-state index contributed by atoms with van der Waals surface area (Å²) in [4.78, 5) is 34.0. The molecule has 2 aromatic rings. The molecule has 8 heteroatoms. The first kappa shape index (κ1) is 22.6. The van der Waals surface area contributed by atoms with Crippen LogP contribution in [-0.2, 0) is 4.79 Å². The molecule has 6 nitrogen and oxygen atoms in total. The summed E-state index contributed by atoms with van der Waals surface area (Å²) in [6.07, 6.45) is 14.7. The first-order chi connectivity index (χ1) is 16.0. The maximum absolute atomic E-state index is 13.6. The Balaban J connectivity index is 1.55. The predicted molar refractivity (Wildman–Crippen MR) is 139 cm³/mol. The van der Waals surface area contributed by atoms with Gasteiger partial charge in [-0.05, 0) is 50.3 Å². The van der Waals surface area contributed by atoms with Gasteiger partial charge in [0.2, 0.25) is 0 Å². The van der Waals surface area contributed by atoms with Gasteiger partial charge in [0.25, 0.3) is 11.5 Å². The van der Waals surface area contributed by atoms with Crippen LogP contribution < -0.4 is 10.9 Å². The summed E-state index contributed by atoms with van der Waals surface area (Å²) in [6.45, 7) is 1.95. The smallest absolute Gasteiger partial charge is 0.267 e. The van der Waals surface area contributed by atoms with E-state index in [1.54, 1.807) is 21.6 Å². The van der Waals surface area contributed by atoms with Gasteiger partial charge in [-0.25, -0.2) is 4.98 Å². The molecule has 0 radical (unpaired) electrons. The Kier molecular flexibility index (Phi) is 6.56. The van der Waals surface area contributed by atoms with Crippen LogP contribution in [0.4, 0.5) is 5.82 Å². The number of rotatable bonds is 4. The molecule has 0 spiro atoms. The fourth-order valence-electron chi connectivity index (χ4n) is 5.20. The van der Waals surface area contributed by atoms with Gasteiger partial charge >= 0.3 is 0 Å². The van der Waals surface area contributed by atoms with E-state index in [1.807, 2.05) is 19.1 Å². The van der Waals surface area contributed by atoms with E-state index < -0.39 is 0 Å². The van der Waals surface area contributed by atoms with E-state index in [9.17, 15) is 9.59 Å². The molecular weight excluding hydrogens is 452 g/mol. The highest BCUT2D eigenvalue weighted by atomic mass is 32.2. The summed E-state index contributed by atoms with van der Waals surface area (Å²) in [7, 11) is 0. The number of nitrogens with zero attached hydrogens (tertiary/aromatic N) is 3. The Labute approximate surface area is 203 Å². The van der Waals surface area contributed by atoms with Gasteiger partial charge in [-0.1, -0.05) is 68.6 Å².